The van der Waals surface area contributed by atoms with Gasteiger partial charge in [-0.3, -0.25) is 0 Å². The Morgan fingerprint density at radius 3 is 2.76 bits per heavy atom. The number of benzene rings is 1. The van der Waals surface area contributed by atoms with Crippen LogP contribution in [-0.4, -0.2) is 37.5 Å². The molecule has 17 heavy (non-hydrogen) atoms. The van der Waals surface area contributed by atoms with Crippen LogP contribution in [0.15, 0.2) is 18.2 Å². The lowest BCUT2D eigenvalue weighted by Gasteiger charge is -2.29. The second-order valence-electron chi connectivity index (χ2n) is 4.59. The van der Waals surface area contributed by atoms with Gasteiger partial charge in [-0.25, -0.2) is 0 Å². The van der Waals surface area contributed by atoms with Crippen LogP contribution in [0.3, 0.4) is 0 Å². The Morgan fingerprint density at radius 1 is 1.41 bits per heavy atom. The molecule has 0 radical (unpaired) electrons. The summed E-state index contributed by atoms with van der Waals surface area (Å²) < 4.78 is 5.33. The van der Waals surface area contributed by atoms with Crippen molar-refractivity contribution in [1.82, 2.24) is 0 Å². The SMILES string of the molecule is CC(N)Cc1cc(N2CCOCC2)ccc1O. The van der Waals surface area contributed by atoms with Gasteiger partial charge in [-0.1, -0.05) is 0 Å². The number of phenols is 1. The van der Waals surface area contributed by atoms with Crippen LogP contribution in [0.1, 0.15) is 12.5 Å². The highest BCUT2D eigenvalue weighted by molar-refractivity contribution is 5.53. The van der Waals surface area contributed by atoms with Crippen LogP contribution in [0.25, 0.3) is 0 Å². The van der Waals surface area contributed by atoms with Crippen LogP contribution < -0.4 is 10.6 Å². The van der Waals surface area contributed by atoms with E-state index in [1.807, 2.05) is 19.1 Å². The molecule has 0 saturated carbocycles. The van der Waals surface area contributed by atoms with Gasteiger partial charge < -0.3 is 20.5 Å². The number of rotatable bonds is 3. The molecule has 94 valence electrons. The van der Waals surface area contributed by atoms with Gasteiger partial charge in [0, 0.05) is 24.8 Å². The van der Waals surface area contributed by atoms with E-state index in [-0.39, 0.29) is 6.04 Å². The molecule has 1 unspecified atom stereocenters. The Bertz CT molecular complexity index is 374. The quantitative estimate of drug-likeness (QED) is 0.825. The minimum Gasteiger partial charge on any atom is -0.508 e. The van der Waals surface area contributed by atoms with Gasteiger partial charge in [-0.15, -0.1) is 0 Å². The second-order valence-corrected chi connectivity index (χ2v) is 4.59. The first kappa shape index (κ1) is 12.2. The van der Waals surface area contributed by atoms with E-state index in [9.17, 15) is 5.11 Å². The summed E-state index contributed by atoms with van der Waals surface area (Å²) in [5, 5.41) is 9.78. The van der Waals surface area contributed by atoms with Gasteiger partial charge in [-0.2, -0.15) is 0 Å². The highest BCUT2D eigenvalue weighted by Gasteiger charge is 2.13. The second kappa shape index (κ2) is 5.38. The first-order chi connectivity index (χ1) is 8.16. The summed E-state index contributed by atoms with van der Waals surface area (Å²) in [7, 11) is 0. The van der Waals surface area contributed by atoms with Crippen molar-refractivity contribution >= 4 is 5.69 Å². The minimum absolute atomic E-state index is 0.0563. The van der Waals surface area contributed by atoms with E-state index in [0.717, 1.165) is 37.6 Å². The van der Waals surface area contributed by atoms with Gasteiger partial charge >= 0.3 is 0 Å². The zero-order chi connectivity index (χ0) is 12.3. The van der Waals surface area contributed by atoms with Gasteiger partial charge in [-0.05, 0) is 37.1 Å². The van der Waals surface area contributed by atoms with Gasteiger partial charge in [0.1, 0.15) is 5.75 Å². The average Bonchev–Trinajstić information content (AvgIpc) is 2.32. The molecule has 4 nitrogen and oxygen atoms in total. The Hall–Kier alpha value is -1.26. The molecule has 0 amide bonds. The van der Waals surface area contributed by atoms with Gasteiger partial charge in [0.15, 0.2) is 0 Å². The monoisotopic (exact) mass is 236 g/mol. The maximum Gasteiger partial charge on any atom is 0.118 e. The first-order valence-corrected chi connectivity index (χ1v) is 6.07. The van der Waals surface area contributed by atoms with Crippen LogP contribution in [0.4, 0.5) is 5.69 Å². The van der Waals surface area contributed by atoms with Crippen molar-refractivity contribution < 1.29 is 9.84 Å². The largest absolute Gasteiger partial charge is 0.508 e. The van der Waals surface area contributed by atoms with Crippen molar-refractivity contribution in [3.8, 4) is 5.75 Å². The molecular weight excluding hydrogens is 216 g/mol. The van der Waals surface area contributed by atoms with E-state index in [1.54, 1.807) is 6.07 Å². The summed E-state index contributed by atoms with van der Waals surface area (Å²) in [5.41, 5.74) is 7.84. The highest BCUT2D eigenvalue weighted by Crippen LogP contribution is 2.25. The van der Waals surface area contributed by atoms with E-state index < -0.39 is 0 Å². The fourth-order valence-electron chi connectivity index (χ4n) is 2.10. The van der Waals surface area contributed by atoms with E-state index in [2.05, 4.69) is 4.90 Å². The average molecular weight is 236 g/mol. The zero-order valence-corrected chi connectivity index (χ0v) is 10.2. The Morgan fingerprint density at radius 2 is 2.12 bits per heavy atom. The molecule has 1 heterocycles. The van der Waals surface area contributed by atoms with Crippen molar-refractivity contribution in [1.29, 1.82) is 0 Å². The van der Waals surface area contributed by atoms with Crippen molar-refractivity contribution in [2.24, 2.45) is 5.73 Å². The Kier molecular flexibility index (Phi) is 3.86. The lowest BCUT2D eigenvalue weighted by molar-refractivity contribution is 0.122. The summed E-state index contributed by atoms with van der Waals surface area (Å²) in [6.45, 7) is 5.29. The summed E-state index contributed by atoms with van der Waals surface area (Å²) in [6.07, 6.45) is 0.698. The fraction of sp³-hybridized carbons (Fsp3) is 0.538. The number of phenolic OH excluding ortho intramolecular Hbond substituents is 1. The van der Waals surface area contributed by atoms with E-state index >= 15 is 0 Å². The van der Waals surface area contributed by atoms with Gasteiger partial charge in [0.25, 0.3) is 0 Å². The number of nitrogens with two attached hydrogens (primary N) is 1. The van der Waals surface area contributed by atoms with Crippen LogP contribution in [0, 0.1) is 0 Å². The summed E-state index contributed by atoms with van der Waals surface area (Å²) >= 11 is 0. The van der Waals surface area contributed by atoms with Crippen molar-refractivity contribution in [3.05, 3.63) is 23.8 Å². The molecule has 1 saturated heterocycles. The number of anilines is 1. The van der Waals surface area contributed by atoms with Crippen molar-refractivity contribution in [2.75, 3.05) is 31.2 Å². The standard InChI is InChI=1S/C13H20N2O2/c1-10(14)8-11-9-12(2-3-13(11)16)15-4-6-17-7-5-15/h2-3,9-10,16H,4-8,14H2,1H3. The molecule has 2 rings (SSSR count). The van der Waals surface area contributed by atoms with Crippen LogP contribution in [0.5, 0.6) is 5.75 Å². The van der Waals surface area contributed by atoms with Crippen LogP contribution >= 0.6 is 0 Å². The highest BCUT2D eigenvalue weighted by atomic mass is 16.5. The summed E-state index contributed by atoms with van der Waals surface area (Å²) in [4.78, 5) is 2.27. The number of morpholine rings is 1. The maximum atomic E-state index is 9.78. The third-order valence-electron chi connectivity index (χ3n) is 2.98. The number of ether oxygens (including phenoxy) is 1. The van der Waals surface area contributed by atoms with Crippen LogP contribution in [-0.2, 0) is 11.2 Å². The van der Waals surface area contributed by atoms with E-state index in [1.165, 1.54) is 0 Å². The molecule has 0 bridgehead atoms. The topological polar surface area (TPSA) is 58.7 Å². The number of hydrogen-bond acceptors (Lipinski definition) is 4. The predicted octanol–water partition coefficient (Wildman–Crippen LogP) is 1.12. The normalized spacial score (nSPS) is 18.1. The smallest absolute Gasteiger partial charge is 0.118 e. The molecule has 0 aliphatic carbocycles. The first-order valence-electron chi connectivity index (χ1n) is 6.07. The maximum absolute atomic E-state index is 9.78. The molecule has 1 atom stereocenters. The zero-order valence-electron chi connectivity index (χ0n) is 10.2. The van der Waals surface area contributed by atoms with Crippen molar-refractivity contribution in [2.45, 2.75) is 19.4 Å². The number of nitrogens with zero attached hydrogens (tertiary/aromatic N) is 1. The molecule has 0 aromatic heterocycles. The van der Waals surface area contributed by atoms with Crippen LogP contribution in [0.2, 0.25) is 0 Å². The summed E-state index contributed by atoms with van der Waals surface area (Å²) in [6, 6.07) is 5.79. The third-order valence-corrected chi connectivity index (χ3v) is 2.98. The third kappa shape index (κ3) is 3.11. The molecule has 1 aromatic carbocycles. The summed E-state index contributed by atoms with van der Waals surface area (Å²) in [5.74, 6) is 0.333. The Labute approximate surface area is 102 Å². The Balaban J connectivity index is 2.17. The molecule has 1 aromatic rings. The molecule has 0 spiro atoms. The fourth-order valence-corrected chi connectivity index (χ4v) is 2.10. The lowest BCUT2D eigenvalue weighted by atomic mass is 10.1. The number of aromatic hydroxyl groups is 1. The molecular formula is C13H20N2O2. The van der Waals surface area contributed by atoms with Crippen molar-refractivity contribution in [3.63, 3.8) is 0 Å². The minimum atomic E-state index is 0.0563. The van der Waals surface area contributed by atoms with E-state index in [4.69, 9.17) is 10.5 Å². The lowest BCUT2D eigenvalue weighted by Crippen LogP contribution is -2.36. The predicted molar refractivity (Wildman–Crippen MR) is 68.5 cm³/mol. The molecule has 3 N–H and O–H groups in total. The van der Waals surface area contributed by atoms with Gasteiger partial charge in [0.2, 0.25) is 0 Å². The van der Waals surface area contributed by atoms with E-state index in [0.29, 0.717) is 12.2 Å². The molecule has 1 fully saturated rings. The molecule has 1 aliphatic rings. The van der Waals surface area contributed by atoms with Gasteiger partial charge in [0.05, 0.1) is 13.2 Å². The number of hydrogen-bond donors (Lipinski definition) is 2. The molecule has 1 aliphatic heterocycles. The molecule has 4 heteroatoms.